The van der Waals surface area contributed by atoms with E-state index in [9.17, 15) is 12.8 Å². The first kappa shape index (κ1) is 17.6. The molecule has 134 valence electrons. The molecule has 2 saturated heterocycles. The van der Waals surface area contributed by atoms with Gasteiger partial charge in [-0.05, 0) is 37.0 Å². The summed E-state index contributed by atoms with van der Waals surface area (Å²) in [6, 6.07) is 4.15. The highest BCUT2D eigenvalue weighted by atomic mass is 32.2. The van der Waals surface area contributed by atoms with Gasteiger partial charge in [-0.2, -0.15) is 4.31 Å². The molecule has 8 heteroatoms. The van der Waals surface area contributed by atoms with Crippen LogP contribution in [-0.2, 0) is 19.5 Å². The van der Waals surface area contributed by atoms with Gasteiger partial charge in [-0.3, -0.25) is 0 Å². The summed E-state index contributed by atoms with van der Waals surface area (Å²) in [5.74, 6) is -0.337. The molecule has 1 aromatic rings. The van der Waals surface area contributed by atoms with Crippen molar-refractivity contribution in [1.29, 1.82) is 0 Å². The maximum atomic E-state index is 14.1. The van der Waals surface area contributed by atoms with Crippen LogP contribution < -0.4 is 5.32 Å². The van der Waals surface area contributed by atoms with Gasteiger partial charge in [0.15, 0.2) is 0 Å². The zero-order valence-corrected chi connectivity index (χ0v) is 14.4. The van der Waals surface area contributed by atoms with Crippen LogP contribution in [0.15, 0.2) is 23.1 Å². The largest absolute Gasteiger partial charge is 0.385 e. The van der Waals surface area contributed by atoms with E-state index in [0.717, 1.165) is 19.4 Å². The van der Waals surface area contributed by atoms with E-state index in [-0.39, 0.29) is 18.0 Å². The van der Waals surface area contributed by atoms with Crippen LogP contribution in [0.1, 0.15) is 12.8 Å². The van der Waals surface area contributed by atoms with Crippen molar-refractivity contribution in [3.05, 3.63) is 24.0 Å². The molecule has 1 atom stereocenters. The lowest BCUT2D eigenvalue weighted by Gasteiger charge is -2.26. The van der Waals surface area contributed by atoms with Crippen molar-refractivity contribution in [2.24, 2.45) is 5.92 Å². The lowest BCUT2D eigenvalue weighted by molar-refractivity contribution is 0.0595. The molecule has 3 rings (SSSR count). The van der Waals surface area contributed by atoms with Crippen LogP contribution in [0.3, 0.4) is 0 Å². The summed E-state index contributed by atoms with van der Waals surface area (Å²) in [7, 11) is -3.84. The number of hydrogen-bond acceptors (Lipinski definition) is 5. The molecule has 6 nitrogen and oxygen atoms in total. The van der Waals surface area contributed by atoms with E-state index in [1.54, 1.807) is 6.07 Å². The number of hydrogen-bond donors (Lipinski definition) is 1. The normalized spacial score (nSPS) is 23.1. The first-order chi connectivity index (χ1) is 11.6. The summed E-state index contributed by atoms with van der Waals surface area (Å²) in [6.07, 6.45) is 2.11. The van der Waals surface area contributed by atoms with Crippen LogP contribution in [0.25, 0.3) is 0 Å². The zero-order chi connectivity index (χ0) is 17.0. The highest BCUT2D eigenvalue weighted by Gasteiger charge is 2.29. The molecule has 1 unspecified atom stereocenters. The highest BCUT2D eigenvalue weighted by molar-refractivity contribution is 7.89. The fourth-order valence-corrected chi connectivity index (χ4v) is 4.47. The molecule has 24 heavy (non-hydrogen) atoms. The van der Waals surface area contributed by atoms with Gasteiger partial charge in [-0.1, -0.05) is 0 Å². The molecule has 0 aliphatic carbocycles. The number of sulfonamides is 1. The Morgan fingerprint density at radius 2 is 2.00 bits per heavy atom. The van der Waals surface area contributed by atoms with Gasteiger partial charge in [0.05, 0.1) is 19.8 Å². The SMILES string of the molecule is O=S(=O)(c1cc(NCC2CCCOC2)ccc1F)N1CCOCC1. The Morgan fingerprint density at radius 3 is 2.71 bits per heavy atom. The molecule has 1 aromatic carbocycles. The number of anilines is 1. The number of rotatable bonds is 5. The van der Waals surface area contributed by atoms with Crippen molar-refractivity contribution in [2.75, 3.05) is 51.4 Å². The second kappa shape index (κ2) is 7.77. The number of nitrogens with zero attached hydrogens (tertiary/aromatic N) is 1. The summed E-state index contributed by atoms with van der Waals surface area (Å²) in [6.45, 7) is 3.35. The zero-order valence-electron chi connectivity index (χ0n) is 13.5. The van der Waals surface area contributed by atoms with E-state index in [0.29, 0.717) is 38.0 Å². The molecule has 0 aromatic heterocycles. The summed E-state index contributed by atoms with van der Waals surface area (Å²) < 4.78 is 51.3. The Bertz CT molecular complexity index is 656. The van der Waals surface area contributed by atoms with Crippen LogP contribution in [0.5, 0.6) is 0 Å². The summed E-state index contributed by atoms with van der Waals surface area (Å²) in [5.41, 5.74) is 0.605. The van der Waals surface area contributed by atoms with Gasteiger partial charge >= 0.3 is 0 Å². The van der Waals surface area contributed by atoms with Crippen LogP contribution in [0.4, 0.5) is 10.1 Å². The predicted molar refractivity (Wildman–Crippen MR) is 88.0 cm³/mol. The van der Waals surface area contributed by atoms with Crippen molar-refractivity contribution in [3.63, 3.8) is 0 Å². The van der Waals surface area contributed by atoms with E-state index in [2.05, 4.69) is 5.32 Å². The number of benzene rings is 1. The van der Waals surface area contributed by atoms with Crippen LogP contribution >= 0.6 is 0 Å². The number of halogens is 1. The van der Waals surface area contributed by atoms with Crippen molar-refractivity contribution in [1.82, 2.24) is 4.31 Å². The minimum atomic E-state index is -3.84. The van der Waals surface area contributed by atoms with E-state index in [4.69, 9.17) is 9.47 Å². The molecule has 0 bridgehead atoms. The van der Waals surface area contributed by atoms with E-state index >= 15 is 0 Å². The fourth-order valence-electron chi connectivity index (χ4n) is 2.97. The van der Waals surface area contributed by atoms with Gasteiger partial charge < -0.3 is 14.8 Å². The van der Waals surface area contributed by atoms with Crippen molar-refractivity contribution < 1.29 is 22.3 Å². The van der Waals surface area contributed by atoms with Gasteiger partial charge in [0.25, 0.3) is 0 Å². The number of morpholine rings is 1. The lowest BCUT2D eigenvalue weighted by Crippen LogP contribution is -2.40. The van der Waals surface area contributed by atoms with Gasteiger partial charge in [-0.15, -0.1) is 0 Å². The van der Waals surface area contributed by atoms with Crippen molar-refractivity contribution in [2.45, 2.75) is 17.7 Å². The third-order valence-electron chi connectivity index (χ3n) is 4.37. The third-order valence-corrected chi connectivity index (χ3v) is 6.28. The molecular formula is C16H23FN2O4S. The molecule has 2 heterocycles. The molecule has 0 amide bonds. The first-order valence-corrected chi connectivity index (χ1v) is 9.70. The standard InChI is InChI=1S/C16H23FN2O4S/c17-15-4-3-14(18-11-13-2-1-7-23-12-13)10-16(15)24(20,21)19-5-8-22-9-6-19/h3-4,10,13,18H,1-2,5-9,11-12H2. The minimum Gasteiger partial charge on any atom is -0.385 e. The Hall–Kier alpha value is -1.22. The van der Waals surface area contributed by atoms with E-state index in [1.807, 2.05) is 0 Å². The van der Waals surface area contributed by atoms with Crippen molar-refractivity contribution >= 4 is 15.7 Å². The second-order valence-electron chi connectivity index (χ2n) is 6.13. The minimum absolute atomic E-state index is 0.249. The maximum Gasteiger partial charge on any atom is 0.246 e. The molecule has 1 N–H and O–H groups in total. The maximum absolute atomic E-state index is 14.1. The third kappa shape index (κ3) is 4.05. The van der Waals surface area contributed by atoms with Gasteiger partial charge in [0, 0.05) is 31.9 Å². The molecular weight excluding hydrogens is 335 g/mol. The molecule has 2 fully saturated rings. The number of ether oxygens (including phenoxy) is 2. The van der Waals surface area contributed by atoms with Crippen molar-refractivity contribution in [3.8, 4) is 0 Å². The van der Waals surface area contributed by atoms with E-state index < -0.39 is 15.8 Å². The quantitative estimate of drug-likeness (QED) is 0.867. The first-order valence-electron chi connectivity index (χ1n) is 8.26. The summed E-state index contributed by atoms with van der Waals surface area (Å²) >= 11 is 0. The molecule has 0 spiro atoms. The van der Waals surface area contributed by atoms with Gasteiger partial charge in [0.2, 0.25) is 10.0 Å². The average Bonchev–Trinajstić information content (AvgIpc) is 2.62. The van der Waals surface area contributed by atoms with Crippen LogP contribution in [0.2, 0.25) is 0 Å². The van der Waals surface area contributed by atoms with Crippen LogP contribution in [0, 0.1) is 11.7 Å². The smallest absolute Gasteiger partial charge is 0.246 e. The fraction of sp³-hybridized carbons (Fsp3) is 0.625. The lowest BCUT2D eigenvalue weighted by atomic mass is 10.0. The molecule has 2 aliphatic heterocycles. The Balaban J connectivity index is 1.73. The predicted octanol–water partition coefficient (Wildman–Crippen LogP) is 1.69. The molecule has 0 saturated carbocycles. The van der Waals surface area contributed by atoms with Gasteiger partial charge in [0.1, 0.15) is 10.7 Å². The Morgan fingerprint density at radius 1 is 1.21 bits per heavy atom. The van der Waals surface area contributed by atoms with Gasteiger partial charge in [-0.25, -0.2) is 12.8 Å². The number of nitrogens with one attached hydrogen (secondary N) is 1. The van der Waals surface area contributed by atoms with Crippen LogP contribution in [-0.4, -0.2) is 58.8 Å². The topological polar surface area (TPSA) is 67.9 Å². The highest BCUT2D eigenvalue weighted by Crippen LogP contribution is 2.24. The molecule has 0 radical (unpaired) electrons. The average molecular weight is 358 g/mol. The molecule has 2 aliphatic rings. The monoisotopic (exact) mass is 358 g/mol. The Kier molecular flexibility index (Phi) is 5.70. The van der Waals surface area contributed by atoms with E-state index in [1.165, 1.54) is 16.4 Å². The summed E-state index contributed by atoms with van der Waals surface area (Å²) in [5, 5.41) is 3.20. The second-order valence-corrected chi connectivity index (χ2v) is 8.03. The Labute approximate surface area is 142 Å². The summed E-state index contributed by atoms with van der Waals surface area (Å²) in [4.78, 5) is -0.283.